The van der Waals surface area contributed by atoms with E-state index in [2.05, 4.69) is 31.5 Å². The molecule has 0 radical (unpaired) electrons. The van der Waals surface area contributed by atoms with Gasteiger partial charge in [0.2, 0.25) is 0 Å². The van der Waals surface area contributed by atoms with Gasteiger partial charge in [-0.25, -0.2) is 0 Å². The molecule has 2 aliphatic heterocycles. The van der Waals surface area contributed by atoms with Crippen LogP contribution in [0.3, 0.4) is 0 Å². The van der Waals surface area contributed by atoms with E-state index >= 15 is 0 Å². The predicted molar refractivity (Wildman–Crippen MR) is 52.2 cm³/mol. The third kappa shape index (κ3) is 1.10. The van der Waals surface area contributed by atoms with E-state index in [1.165, 1.54) is 23.7 Å². The van der Waals surface area contributed by atoms with Gasteiger partial charge in [0.1, 0.15) is 0 Å². The Morgan fingerprint density at radius 1 is 1.55 bits per heavy atom. The molecule has 0 aromatic carbocycles. The first-order chi connectivity index (χ1) is 5.29. The quantitative estimate of drug-likeness (QED) is 0.380. The molecule has 0 aromatic rings. The van der Waals surface area contributed by atoms with Crippen molar-refractivity contribution in [1.29, 1.82) is 0 Å². The number of fused-ring (bicyclic) bond motifs is 1. The lowest BCUT2D eigenvalue weighted by Gasteiger charge is -2.21. The third-order valence-electron chi connectivity index (χ3n) is 2.51. The van der Waals surface area contributed by atoms with E-state index in [0.29, 0.717) is 0 Å². The van der Waals surface area contributed by atoms with Crippen molar-refractivity contribution in [2.24, 2.45) is 0 Å². The number of hydrogen-bond acceptors (Lipinski definition) is 0. The van der Waals surface area contributed by atoms with Gasteiger partial charge in [0.25, 0.3) is 0 Å². The van der Waals surface area contributed by atoms with E-state index < -0.39 is 0 Å². The van der Waals surface area contributed by atoms with Crippen molar-refractivity contribution in [2.45, 2.75) is 19.0 Å². The van der Waals surface area contributed by atoms with Crippen LogP contribution in [0.15, 0.2) is 35.7 Å². The highest BCUT2D eigenvalue weighted by Gasteiger charge is 2.28. The number of allylic oxidation sites excluding steroid dienone is 4. The Bertz CT molecular complexity index is 248. The van der Waals surface area contributed by atoms with Crippen LogP contribution in [0.5, 0.6) is 0 Å². The monoisotopic (exact) mass is 164 g/mol. The summed E-state index contributed by atoms with van der Waals surface area (Å²) in [5, 5.41) is 0. The molecule has 0 spiro atoms. The van der Waals surface area contributed by atoms with Crippen LogP contribution in [0.4, 0.5) is 0 Å². The maximum absolute atomic E-state index is 4.13. The van der Waals surface area contributed by atoms with Crippen LogP contribution in [0.25, 0.3) is 0 Å². The molecule has 0 bridgehead atoms. The summed E-state index contributed by atoms with van der Waals surface area (Å²) < 4.78 is 0. The Labute approximate surface area is 69.4 Å². The van der Waals surface area contributed by atoms with Crippen LogP contribution in [0.2, 0.25) is 0 Å². The first-order valence-corrected chi connectivity index (χ1v) is 5.74. The first kappa shape index (κ1) is 7.31. The summed E-state index contributed by atoms with van der Waals surface area (Å²) in [6.45, 7) is 6.33. The fourth-order valence-electron chi connectivity index (χ4n) is 1.76. The Hall–Kier alpha value is -0.350. The van der Waals surface area contributed by atoms with Crippen LogP contribution in [-0.4, -0.2) is 11.8 Å². The van der Waals surface area contributed by atoms with Gasteiger partial charge in [-0.2, -0.15) is 0 Å². The average molecular weight is 164 g/mol. The van der Waals surface area contributed by atoms with Gasteiger partial charge in [-0.05, 0) is 30.7 Å². The highest BCUT2D eigenvalue weighted by atomic mass is 31.1. The van der Waals surface area contributed by atoms with Gasteiger partial charge in [-0.1, -0.05) is 32.5 Å². The van der Waals surface area contributed by atoms with E-state index in [9.17, 15) is 0 Å². The van der Waals surface area contributed by atoms with E-state index in [4.69, 9.17) is 0 Å². The van der Waals surface area contributed by atoms with Crippen molar-refractivity contribution in [2.75, 3.05) is 6.16 Å². The third-order valence-corrected chi connectivity index (χ3v) is 5.19. The molecule has 0 nitrogen and oxygen atoms in total. The second-order valence-electron chi connectivity index (χ2n) is 3.26. The Balaban J connectivity index is 2.27. The van der Waals surface area contributed by atoms with Gasteiger partial charge in [0, 0.05) is 5.66 Å². The minimum absolute atomic E-state index is 0.153. The topological polar surface area (TPSA) is 0 Å². The zero-order valence-corrected chi connectivity index (χ0v) is 7.77. The van der Waals surface area contributed by atoms with Gasteiger partial charge in [-0.3, -0.25) is 0 Å². The van der Waals surface area contributed by atoms with E-state index in [1.54, 1.807) is 0 Å². The summed E-state index contributed by atoms with van der Waals surface area (Å²) in [6, 6.07) is 0. The molecule has 2 aliphatic rings. The molecule has 0 aromatic heterocycles. The Morgan fingerprint density at radius 3 is 3.09 bits per heavy atom. The van der Waals surface area contributed by atoms with Crippen molar-refractivity contribution in [3.05, 3.63) is 35.7 Å². The second-order valence-corrected chi connectivity index (χ2v) is 5.53. The van der Waals surface area contributed by atoms with Gasteiger partial charge < -0.3 is 0 Å². The minimum Gasteiger partial charge on any atom is -0.0949 e. The summed E-state index contributed by atoms with van der Waals surface area (Å²) in [4.78, 5) is 0. The zero-order chi connectivity index (χ0) is 7.84. The molecule has 11 heavy (non-hydrogen) atoms. The fourth-order valence-corrected chi connectivity index (χ4v) is 4.36. The van der Waals surface area contributed by atoms with Crippen LogP contribution in [0.1, 0.15) is 13.3 Å². The SMILES string of the molecule is C=C1C(C)=CP2CC=CCC12. The predicted octanol–water partition coefficient (Wildman–Crippen LogP) is 3.27. The van der Waals surface area contributed by atoms with Crippen LogP contribution in [0, 0.1) is 0 Å². The molecule has 2 atom stereocenters. The lowest BCUT2D eigenvalue weighted by atomic mass is 10.1. The standard InChI is InChI=1S/C10H13P/c1-8-7-11-6-4-3-5-10(11)9(8)2/h3-4,7,10H,2,5-6H2,1H3. The summed E-state index contributed by atoms with van der Waals surface area (Å²) in [5.41, 5.74) is 3.65. The van der Waals surface area contributed by atoms with Crippen LogP contribution < -0.4 is 0 Å². The molecular weight excluding hydrogens is 151 g/mol. The highest BCUT2D eigenvalue weighted by molar-refractivity contribution is 7.62. The largest absolute Gasteiger partial charge is 0.0949 e. The number of rotatable bonds is 0. The Kier molecular flexibility index (Phi) is 1.73. The van der Waals surface area contributed by atoms with Crippen molar-refractivity contribution < 1.29 is 0 Å². The van der Waals surface area contributed by atoms with E-state index in [0.717, 1.165) is 5.66 Å². The molecule has 0 saturated heterocycles. The summed E-state index contributed by atoms with van der Waals surface area (Å²) in [7, 11) is 0.153. The summed E-state index contributed by atoms with van der Waals surface area (Å²) >= 11 is 0. The molecule has 0 N–H and O–H groups in total. The first-order valence-electron chi connectivity index (χ1n) is 4.07. The van der Waals surface area contributed by atoms with Crippen molar-refractivity contribution in [3.63, 3.8) is 0 Å². The molecule has 0 fully saturated rings. The summed E-state index contributed by atoms with van der Waals surface area (Å²) in [6.07, 6.45) is 7.15. The molecule has 0 amide bonds. The maximum Gasteiger partial charge on any atom is 0.0110 e. The average Bonchev–Trinajstić information content (AvgIpc) is 2.30. The van der Waals surface area contributed by atoms with E-state index in [-0.39, 0.29) is 7.92 Å². The molecular formula is C10H13P. The van der Waals surface area contributed by atoms with Crippen molar-refractivity contribution in [1.82, 2.24) is 0 Å². The smallest absolute Gasteiger partial charge is 0.0110 e. The van der Waals surface area contributed by atoms with Crippen LogP contribution in [-0.2, 0) is 0 Å². The van der Waals surface area contributed by atoms with Gasteiger partial charge in [0.05, 0.1) is 0 Å². The zero-order valence-electron chi connectivity index (χ0n) is 6.88. The van der Waals surface area contributed by atoms with Crippen LogP contribution >= 0.6 is 7.92 Å². The maximum atomic E-state index is 4.13. The molecule has 2 unspecified atom stereocenters. The minimum atomic E-state index is 0.153. The molecule has 0 saturated carbocycles. The van der Waals surface area contributed by atoms with E-state index in [1.807, 2.05) is 0 Å². The Morgan fingerprint density at radius 2 is 2.36 bits per heavy atom. The molecule has 1 heteroatoms. The number of hydrogen-bond donors (Lipinski definition) is 0. The molecule has 2 rings (SSSR count). The van der Waals surface area contributed by atoms with Gasteiger partial charge in [0.15, 0.2) is 0 Å². The van der Waals surface area contributed by atoms with Gasteiger partial charge >= 0.3 is 0 Å². The van der Waals surface area contributed by atoms with Crippen molar-refractivity contribution >= 4 is 7.92 Å². The molecule has 0 aliphatic carbocycles. The fraction of sp³-hybridized carbons (Fsp3) is 0.400. The second kappa shape index (κ2) is 2.60. The van der Waals surface area contributed by atoms with Gasteiger partial charge in [-0.15, -0.1) is 0 Å². The molecule has 2 heterocycles. The normalized spacial score (nSPS) is 35.4. The highest BCUT2D eigenvalue weighted by Crippen LogP contribution is 2.56. The van der Waals surface area contributed by atoms with Crippen molar-refractivity contribution in [3.8, 4) is 0 Å². The molecule has 58 valence electrons. The lowest BCUT2D eigenvalue weighted by molar-refractivity contribution is 0.999. The lowest BCUT2D eigenvalue weighted by Crippen LogP contribution is -2.06. The summed E-state index contributed by atoms with van der Waals surface area (Å²) in [5.74, 6) is 2.45.